The molecule has 2 amide bonds. The maximum atomic E-state index is 12.5. The van der Waals surface area contributed by atoms with Crippen molar-refractivity contribution < 1.29 is 14.3 Å². The van der Waals surface area contributed by atoms with Crippen LogP contribution >= 0.6 is 36.0 Å². The number of halogens is 1. The summed E-state index contributed by atoms with van der Waals surface area (Å²) in [7, 11) is 3.81. The zero-order valence-corrected chi connectivity index (χ0v) is 21.2. The van der Waals surface area contributed by atoms with E-state index in [4.69, 9.17) is 40.8 Å². The molecule has 1 aromatic rings. The maximum Gasteiger partial charge on any atom is 0.407 e. The summed E-state index contributed by atoms with van der Waals surface area (Å²) in [6.07, 6.45) is 1.53. The van der Waals surface area contributed by atoms with E-state index in [9.17, 15) is 9.59 Å². The number of alkyl carbamates (subject to hydrolysis) is 1. The Morgan fingerprint density at radius 2 is 1.81 bits per heavy atom. The predicted octanol–water partition coefficient (Wildman–Crippen LogP) is 2.94. The van der Waals surface area contributed by atoms with E-state index in [2.05, 4.69) is 26.1 Å². The topological polar surface area (TPSA) is 108 Å². The highest BCUT2D eigenvalue weighted by atomic mass is 35.5. The molecule has 0 radical (unpaired) electrons. The standard InChI is InChI=1S/C20H29ClN6O3S2/c1-20(2,3)30-19(29)23-13-10-11(18(32)27(4)5)6-7-12(13)22-17(31)16(28)24-15-9-8-14(21)25-26-15/h8-9,11-13H,6-7,10H2,1-5H3,(H,22,31)(H,23,29)(H,24,26,28)/t11-,12-,13+/m0/s1. The molecule has 0 aromatic carbocycles. The van der Waals surface area contributed by atoms with E-state index in [-0.39, 0.29) is 34.0 Å². The molecular formula is C20H29ClN6O3S2. The van der Waals surface area contributed by atoms with Gasteiger partial charge in [0.25, 0.3) is 5.91 Å². The molecule has 12 heteroatoms. The Balaban J connectivity index is 2.07. The van der Waals surface area contributed by atoms with Crippen LogP contribution in [0.2, 0.25) is 5.15 Å². The Bertz CT molecular complexity index is 860. The summed E-state index contributed by atoms with van der Waals surface area (Å²) in [4.78, 5) is 27.6. The van der Waals surface area contributed by atoms with Crippen molar-refractivity contribution in [3.05, 3.63) is 17.3 Å². The first-order valence-electron chi connectivity index (χ1n) is 10.2. The van der Waals surface area contributed by atoms with Gasteiger partial charge in [0.2, 0.25) is 0 Å². The number of carbonyl (C=O) groups excluding carboxylic acids is 2. The summed E-state index contributed by atoms with van der Waals surface area (Å²) in [6, 6.07) is 2.44. The number of ether oxygens (including phenoxy) is 1. The van der Waals surface area contributed by atoms with Gasteiger partial charge in [-0.2, -0.15) is 0 Å². The molecule has 1 fully saturated rings. The highest BCUT2D eigenvalue weighted by Gasteiger charge is 2.35. The Morgan fingerprint density at radius 1 is 1.12 bits per heavy atom. The molecule has 0 unspecified atom stereocenters. The molecule has 1 aliphatic carbocycles. The quantitative estimate of drug-likeness (QED) is 0.537. The van der Waals surface area contributed by atoms with Crippen molar-refractivity contribution in [2.75, 3.05) is 19.4 Å². The third-order valence-corrected chi connectivity index (χ3v) is 5.94. The van der Waals surface area contributed by atoms with Gasteiger partial charge in [-0.1, -0.05) is 36.0 Å². The average molecular weight is 501 g/mol. The molecule has 0 saturated heterocycles. The van der Waals surface area contributed by atoms with Crippen LogP contribution in [-0.4, -0.2) is 68.9 Å². The van der Waals surface area contributed by atoms with E-state index in [1.807, 2.05) is 19.0 Å². The van der Waals surface area contributed by atoms with Gasteiger partial charge >= 0.3 is 6.09 Å². The molecular weight excluding hydrogens is 472 g/mol. The summed E-state index contributed by atoms with van der Waals surface area (Å²) in [5.41, 5.74) is -0.630. The van der Waals surface area contributed by atoms with Gasteiger partial charge < -0.3 is 25.6 Å². The van der Waals surface area contributed by atoms with Crippen molar-refractivity contribution in [2.24, 2.45) is 5.92 Å². The number of carbonyl (C=O) groups is 2. The minimum atomic E-state index is -0.630. The lowest BCUT2D eigenvalue weighted by Crippen LogP contribution is -2.57. The molecule has 176 valence electrons. The van der Waals surface area contributed by atoms with Crippen LogP contribution in [0.3, 0.4) is 0 Å². The van der Waals surface area contributed by atoms with Crippen molar-refractivity contribution in [1.29, 1.82) is 0 Å². The Kier molecular flexibility index (Phi) is 9.11. The fraction of sp³-hybridized carbons (Fsp3) is 0.600. The van der Waals surface area contributed by atoms with Gasteiger partial charge in [-0.3, -0.25) is 4.79 Å². The Labute approximate surface area is 204 Å². The molecule has 0 aliphatic heterocycles. The summed E-state index contributed by atoms with van der Waals surface area (Å²) < 4.78 is 5.41. The fourth-order valence-electron chi connectivity index (χ4n) is 3.34. The normalized spacial score (nSPS) is 20.6. The number of hydrogen-bond acceptors (Lipinski definition) is 7. The zero-order chi connectivity index (χ0) is 24.1. The van der Waals surface area contributed by atoms with Gasteiger partial charge in [0.05, 0.1) is 11.0 Å². The third-order valence-electron chi connectivity index (χ3n) is 4.74. The average Bonchev–Trinajstić information content (AvgIpc) is 2.68. The molecule has 3 atom stereocenters. The van der Waals surface area contributed by atoms with Gasteiger partial charge in [0, 0.05) is 26.1 Å². The van der Waals surface area contributed by atoms with Gasteiger partial charge in [-0.15, -0.1) is 10.2 Å². The second-order valence-electron chi connectivity index (χ2n) is 8.77. The zero-order valence-electron chi connectivity index (χ0n) is 18.8. The van der Waals surface area contributed by atoms with Crippen LogP contribution in [0.15, 0.2) is 12.1 Å². The van der Waals surface area contributed by atoms with E-state index in [0.717, 1.165) is 11.4 Å². The molecule has 1 heterocycles. The van der Waals surface area contributed by atoms with Crippen LogP contribution in [0.4, 0.5) is 10.6 Å². The minimum absolute atomic E-state index is 0.0172. The molecule has 1 aromatic heterocycles. The largest absolute Gasteiger partial charge is 0.444 e. The van der Waals surface area contributed by atoms with Crippen molar-refractivity contribution >= 4 is 63.8 Å². The number of hydrogen-bond donors (Lipinski definition) is 3. The van der Waals surface area contributed by atoms with Crippen LogP contribution in [0.1, 0.15) is 40.0 Å². The number of nitrogens with one attached hydrogen (secondary N) is 3. The SMILES string of the molecule is CN(C)C(=S)[C@H]1CC[C@H](NC(=S)C(=O)Nc2ccc(Cl)nn2)[C@H](NC(=O)OC(C)(C)C)C1. The molecule has 2 rings (SSSR count). The monoisotopic (exact) mass is 500 g/mol. The summed E-state index contributed by atoms with van der Waals surface area (Å²) in [5.74, 6) is -0.185. The van der Waals surface area contributed by atoms with Gasteiger partial charge in [0.1, 0.15) is 5.60 Å². The van der Waals surface area contributed by atoms with Gasteiger partial charge in [-0.25, -0.2) is 4.79 Å². The lowest BCUT2D eigenvalue weighted by Gasteiger charge is -2.38. The molecule has 0 spiro atoms. The fourth-order valence-corrected chi connectivity index (χ4v) is 3.86. The van der Waals surface area contributed by atoms with E-state index in [1.165, 1.54) is 12.1 Å². The van der Waals surface area contributed by atoms with E-state index < -0.39 is 17.6 Å². The van der Waals surface area contributed by atoms with E-state index in [1.54, 1.807) is 20.8 Å². The first-order valence-corrected chi connectivity index (χ1v) is 11.4. The Hall–Kier alpha value is -2.11. The molecule has 1 saturated carbocycles. The highest BCUT2D eigenvalue weighted by Crippen LogP contribution is 2.27. The van der Waals surface area contributed by atoms with E-state index >= 15 is 0 Å². The van der Waals surface area contributed by atoms with Crippen LogP contribution in [-0.2, 0) is 9.53 Å². The number of thiocarbonyl (C=S) groups is 2. The van der Waals surface area contributed by atoms with Crippen LogP contribution < -0.4 is 16.0 Å². The number of nitrogens with zero attached hydrogens (tertiary/aromatic N) is 3. The van der Waals surface area contributed by atoms with Crippen molar-refractivity contribution in [2.45, 2.75) is 57.7 Å². The summed E-state index contributed by atoms with van der Waals surface area (Å²) in [5, 5.41) is 16.2. The number of aromatic nitrogens is 2. The smallest absolute Gasteiger partial charge is 0.407 e. The molecule has 0 bridgehead atoms. The van der Waals surface area contributed by atoms with Crippen molar-refractivity contribution in [1.82, 2.24) is 25.7 Å². The minimum Gasteiger partial charge on any atom is -0.444 e. The number of amides is 2. The lowest BCUT2D eigenvalue weighted by molar-refractivity contribution is -0.110. The number of anilines is 1. The van der Waals surface area contributed by atoms with Gasteiger partial charge in [-0.05, 0) is 52.2 Å². The summed E-state index contributed by atoms with van der Waals surface area (Å²) in [6.45, 7) is 5.39. The molecule has 1 aliphatic rings. The highest BCUT2D eigenvalue weighted by molar-refractivity contribution is 7.82. The van der Waals surface area contributed by atoms with Crippen LogP contribution in [0, 0.1) is 5.92 Å². The first kappa shape index (κ1) is 26.1. The third kappa shape index (κ3) is 8.10. The lowest BCUT2D eigenvalue weighted by atomic mass is 9.82. The second-order valence-corrected chi connectivity index (χ2v) is 9.98. The number of rotatable bonds is 4. The van der Waals surface area contributed by atoms with E-state index in [0.29, 0.717) is 12.8 Å². The maximum absolute atomic E-state index is 12.5. The molecule has 3 N–H and O–H groups in total. The predicted molar refractivity (Wildman–Crippen MR) is 132 cm³/mol. The second kappa shape index (κ2) is 11.2. The summed E-state index contributed by atoms with van der Waals surface area (Å²) >= 11 is 16.5. The first-order chi connectivity index (χ1) is 14.9. The molecule has 32 heavy (non-hydrogen) atoms. The molecule has 9 nitrogen and oxygen atoms in total. The van der Waals surface area contributed by atoms with Crippen LogP contribution in [0.25, 0.3) is 0 Å². The van der Waals surface area contributed by atoms with Crippen molar-refractivity contribution in [3.8, 4) is 0 Å². The van der Waals surface area contributed by atoms with Gasteiger partial charge in [0.15, 0.2) is 16.0 Å². The van der Waals surface area contributed by atoms with Crippen molar-refractivity contribution in [3.63, 3.8) is 0 Å². The Morgan fingerprint density at radius 3 is 2.38 bits per heavy atom. The van der Waals surface area contributed by atoms with Crippen LogP contribution in [0.5, 0.6) is 0 Å².